The SMILES string of the molecule is O=C(C(F)(F)F)C1([P+](c2ccccc2)(c2ccccc2)c2ccccc2)CCCCO1. The molecule has 0 bridgehead atoms. The van der Waals surface area contributed by atoms with Crippen molar-refractivity contribution >= 4 is 29.0 Å². The fraction of sp³-hybridized carbons (Fsp3) is 0.240. The number of benzene rings is 3. The van der Waals surface area contributed by atoms with Crippen molar-refractivity contribution in [3.63, 3.8) is 0 Å². The third-order valence-electron chi connectivity index (χ3n) is 5.84. The Kier molecular flexibility index (Phi) is 6.00. The summed E-state index contributed by atoms with van der Waals surface area (Å²) in [5.41, 5.74) is 0. The standard InChI is InChI=1S/C25H23F3O2P/c26-25(27,28)23(29)24(18-10-11-19-30-24)31(20-12-4-1-5-13-20,21-14-6-2-7-15-21)22-16-8-3-9-17-22/h1-9,12-17H,10-11,18-19H2/q+1. The quantitative estimate of drug-likeness (QED) is 0.519. The normalized spacial score (nSPS) is 19.7. The molecule has 1 fully saturated rings. The van der Waals surface area contributed by atoms with Gasteiger partial charge in [0.2, 0.25) is 0 Å². The molecule has 160 valence electrons. The number of hydrogen-bond donors (Lipinski definition) is 0. The lowest BCUT2D eigenvalue weighted by Gasteiger charge is -2.45. The van der Waals surface area contributed by atoms with Crippen molar-refractivity contribution in [1.82, 2.24) is 0 Å². The maximum Gasteiger partial charge on any atom is 0.457 e. The van der Waals surface area contributed by atoms with Crippen molar-refractivity contribution in [1.29, 1.82) is 0 Å². The second-order valence-electron chi connectivity index (χ2n) is 7.59. The van der Waals surface area contributed by atoms with Crippen LogP contribution in [0.15, 0.2) is 91.0 Å². The Morgan fingerprint density at radius 3 is 1.48 bits per heavy atom. The van der Waals surface area contributed by atoms with E-state index in [1.807, 2.05) is 91.0 Å². The number of alkyl halides is 3. The summed E-state index contributed by atoms with van der Waals surface area (Å²) in [6, 6.07) is 27.3. The van der Waals surface area contributed by atoms with Crippen LogP contribution in [0.2, 0.25) is 0 Å². The predicted molar refractivity (Wildman–Crippen MR) is 119 cm³/mol. The molecule has 1 aliphatic rings. The van der Waals surface area contributed by atoms with E-state index in [4.69, 9.17) is 4.74 Å². The highest BCUT2D eigenvalue weighted by molar-refractivity contribution is 7.97. The average Bonchev–Trinajstić information content (AvgIpc) is 2.81. The monoisotopic (exact) mass is 443 g/mol. The van der Waals surface area contributed by atoms with Crippen LogP contribution in [0.3, 0.4) is 0 Å². The topological polar surface area (TPSA) is 26.3 Å². The van der Waals surface area contributed by atoms with Gasteiger partial charge in [-0.15, -0.1) is 0 Å². The molecular weight excluding hydrogens is 420 g/mol. The van der Waals surface area contributed by atoms with E-state index < -0.39 is 24.6 Å². The Hall–Kier alpha value is -2.49. The van der Waals surface area contributed by atoms with Crippen LogP contribution in [-0.2, 0) is 9.53 Å². The van der Waals surface area contributed by atoms with Crippen molar-refractivity contribution in [2.75, 3.05) is 6.61 Å². The molecule has 1 aliphatic heterocycles. The van der Waals surface area contributed by atoms with Crippen molar-refractivity contribution in [3.8, 4) is 0 Å². The Morgan fingerprint density at radius 2 is 1.16 bits per heavy atom. The maximum absolute atomic E-state index is 14.1. The molecule has 1 unspecified atom stereocenters. The number of carbonyl (C=O) groups excluding carboxylic acids is 1. The summed E-state index contributed by atoms with van der Waals surface area (Å²) in [7, 11) is -3.20. The maximum atomic E-state index is 14.1. The fourth-order valence-corrected chi connectivity index (χ4v) is 9.84. The zero-order valence-electron chi connectivity index (χ0n) is 16.9. The van der Waals surface area contributed by atoms with Gasteiger partial charge in [0.15, 0.2) is 7.26 Å². The molecule has 0 N–H and O–H groups in total. The van der Waals surface area contributed by atoms with Crippen molar-refractivity contribution in [2.45, 2.75) is 30.8 Å². The number of carbonyl (C=O) groups is 1. The number of halogens is 3. The van der Waals surface area contributed by atoms with Crippen LogP contribution >= 0.6 is 7.26 Å². The number of ketones is 1. The highest BCUT2D eigenvalue weighted by Gasteiger charge is 2.73. The van der Waals surface area contributed by atoms with Crippen LogP contribution in [0.5, 0.6) is 0 Å². The summed E-state index contributed by atoms with van der Waals surface area (Å²) in [5.74, 6) is -1.79. The summed E-state index contributed by atoms with van der Waals surface area (Å²) in [4.78, 5) is 13.3. The molecule has 3 aromatic carbocycles. The van der Waals surface area contributed by atoms with E-state index in [1.165, 1.54) is 0 Å². The molecule has 6 heteroatoms. The molecule has 0 amide bonds. The predicted octanol–water partition coefficient (Wildman–Crippen LogP) is 5.01. The second-order valence-corrected chi connectivity index (χ2v) is 11.2. The molecule has 0 radical (unpaired) electrons. The smallest absolute Gasteiger partial charge is 0.334 e. The number of Topliss-reactive ketones (excluding diaryl/α,β-unsaturated/α-hetero) is 1. The molecule has 0 aromatic heterocycles. The lowest BCUT2D eigenvalue weighted by Crippen LogP contribution is -2.59. The first-order valence-corrected chi connectivity index (χ1v) is 12.0. The minimum Gasteiger partial charge on any atom is -0.334 e. The van der Waals surface area contributed by atoms with Crippen LogP contribution in [0, 0.1) is 0 Å². The van der Waals surface area contributed by atoms with Crippen LogP contribution in [-0.4, -0.2) is 23.9 Å². The number of hydrogen-bond acceptors (Lipinski definition) is 2. The third kappa shape index (κ3) is 3.60. The summed E-state index contributed by atoms with van der Waals surface area (Å²) in [6.45, 7) is 0.121. The van der Waals surface area contributed by atoms with Gasteiger partial charge >= 0.3 is 12.0 Å². The largest absolute Gasteiger partial charge is 0.457 e. The zero-order chi connectivity index (χ0) is 22.0. The first-order chi connectivity index (χ1) is 14.9. The van der Waals surface area contributed by atoms with Gasteiger partial charge in [-0.2, -0.15) is 13.2 Å². The molecule has 3 aromatic rings. The van der Waals surface area contributed by atoms with Gasteiger partial charge in [-0.25, -0.2) is 0 Å². The van der Waals surface area contributed by atoms with Crippen LogP contribution < -0.4 is 15.9 Å². The molecule has 0 saturated carbocycles. The summed E-state index contributed by atoms with van der Waals surface area (Å²) in [5, 5.41) is 0.0961. The third-order valence-corrected chi connectivity index (χ3v) is 10.7. The number of ether oxygens (including phenoxy) is 1. The van der Waals surface area contributed by atoms with E-state index in [0.717, 1.165) is 0 Å². The summed E-state index contributed by atoms with van der Waals surface area (Å²) < 4.78 is 48.5. The Balaban J connectivity index is 2.17. The van der Waals surface area contributed by atoms with E-state index in [9.17, 15) is 18.0 Å². The summed E-state index contributed by atoms with van der Waals surface area (Å²) >= 11 is 0. The molecule has 4 rings (SSSR count). The molecule has 1 atom stereocenters. The molecule has 2 nitrogen and oxygen atoms in total. The fourth-order valence-electron chi connectivity index (χ4n) is 4.62. The highest BCUT2D eigenvalue weighted by atomic mass is 31.2. The molecule has 0 spiro atoms. The molecule has 0 aliphatic carbocycles. The minimum absolute atomic E-state index is 0.0256. The minimum atomic E-state index is -5.01. The van der Waals surface area contributed by atoms with Gasteiger partial charge in [-0.05, 0) is 49.2 Å². The van der Waals surface area contributed by atoms with Crippen LogP contribution in [0.1, 0.15) is 19.3 Å². The molecule has 1 saturated heterocycles. The van der Waals surface area contributed by atoms with Gasteiger partial charge in [-0.1, -0.05) is 54.6 Å². The van der Waals surface area contributed by atoms with Crippen LogP contribution in [0.25, 0.3) is 0 Å². The highest BCUT2D eigenvalue weighted by Crippen LogP contribution is 2.70. The molecular formula is C25H23F3O2P+. The molecule has 31 heavy (non-hydrogen) atoms. The zero-order valence-corrected chi connectivity index (χ0v) is 17.8. The van der Waals surface area contributed by atoms with Gasteiger partial charge in [0, 0.05) is 6.42 Å². The van der Waals surface area contributed by atoms with Crippen LogP contribution in [0.4, 0.5) is 13.2 Å². The van der Waals surface area contributed by atoms with Crippen molar-refractivity contribution < 1.29 is 22.7 Å². The van der Waals surface area contributed by atoms with Gasteiger partial charge in [0.05, 0.1) is 6.61 Å². The van der Waals surface area contributed by atoms with E-state index in [1.54, 1.807) is 0 Å². The lowest BCUT2D eigenvalue weighted by molar-refractivity contribution is -0.189. The Morgan fingerprint density at radius 1 is 0.742 bits per heavy atom. The van der Waals surface area contributed by atoms with Gasteiger partial charge in [0.25, 0.3) is 5.34 Å². The first kappa shape index (κ1) is 21.7. The van der Waals surface area contributed by atoms with Crippen molar-refractivity contribution in [3.05, 3.63) is 91.0 Å². The lowest BCUT2D eigenvalue weighted by atomic mass is 10.0. The van der Waals surface area contributed by atoms with Crippen molar-refractivity contribution in [2.24, 2.45) is 0 Å². The molecule has 1 heterocycles. The number of rotatable bonds is 5. The average molecular weight is 443 g/mol. The second kappa shape index (κ2) is 8.57. The van der Waals surface area contributed by atoms with Gasteiger partial charge in [0.1, 0.15) is 15.9 Å². The van der Waals surface area contributed by atoms with E-state index in [0.29, 0.717) is 28.8 Å². The first-order valence-electron chi connectivity index (χ1n) is 10.2. The Bertz CT molecular complexity index is 918. The summed E-state index contributed by atoms with van der Waals surface area (Å²) in [6.07, 6.45) is -3.86. The van der Waals surface area contributed by atoms with E-state index >= 15 is 0 Å². The van der Waals surface area contributed by atoms with Gasteiger partial charge in [-0.3, -0.25) is 4.79 Å². The van der Waals surface area contributed by atoms with Gasteiger partial charge < -0.3 is 4.74 Å². The van der Waals surface area contributed by atoms with E-state index in [-0.39, 0.29) is 13.0 Å². The van der Waals surface area contributed by atoms with E-state index in [2.05, 4.69) is 0 Å². The Labute approximate surface area is 180 Å².